The molecule has 8 heavy (non-hydrogen) atoms. The molecule has 0 rings (SSSR count). The predicted octanol–water partition coefficient (Wildman–Crippen LogP) is 0.574. The van der Waals surface area contributed by atoms with Crippen molar-refractivity contribution >= 4 is 0 Å². The first-order chi connectivity index (χ1) is 3.56. The summed E-state index contributed by atoms with van der Waals surface area (Å²) in [5.74, 6) is 0. The highest BCUT2D eigenvalue weighted by Gasteiger charge is 2.07. The number of rotatable bonds is 3. The lowest BCUT2D eigenvalue weighted by atomic mass is 10.2. The minimum Gasteiger partial charge on any atom is -0.374 e. The highest BCUT2D eigenvalue weighted by Crippen LogP contribution is 2.03. The highest BCUT2D eigenvalue weighted by molar-refractivity contribution is 4.69. The molecule has 0 aliphatic heterocycles. The summed E-state index contributed by atoms with van der Waals surface area (Å²) >= 11 is 0. The van der Waals surface area contributed by atoms with Gasteiger partial charge in [-0.25, -0.2) is 0 Å². The molecule has 0 aliphatic rings. The molecule has 0 aromatic carbocycles. The molecule has 1 radical (unpaired) electrons. The Labute approximate surface area is 51.0 Å². The van der Waals surface area contributed by atoms with Gasteiger partial charge in [0.15, 0.2) is 0 Å². The van der Waals surface area contributed by atoms with Crippen LogP contribution < -0.4 is 5.73 Å². The van der Waals surface area contributed by atoms with Gasteiger partial charge in [0, 0.05) is 6.54 Å². The Morgan fingerprint density at radius 2 is 2.12 bits per heavy atom. The zero-order chi connectivity index (χ0) is 6.62. The molecule has 2 heteroatoms. The summed E-state index contributed by atoms with van der Waals surface area (Å²) in [7, 11) is 0. The fourth-order valence-corrected chi connectivity index (χ4v) is 0.335. The van der Waals surface area contributed by atoms with Crippen molar-refractivity contribution in [3.05, 3.63) is 6.92 Å². The van der Waals surface area contributed by atoms with Crippen LogP contribution in [-0.4, -0.2) is 18.8 Å². The Hall–Kier alpha value is -0.0800. The molecular weight excluding hydrogens is 102 g/mol. The fourth-order valence-electron chi connectivity index (χ4n) is 0.335. The molecule has 0 fully saturated rings. The van der Waals surface area contributed by atoms with E-state index in [1.54, 1.807) is 0 Å². The van der Waals surface area contributed by atoms with Gasteiger partial charge in [0.2, 0.25) is 0 Å². The first-order valence-corrected chi connectivity index (χ1v) is 2.75. The second kappa shape index (κ2) is 3.05. The van der Waals surface area contributed by atoms with Crippen LogP contribution in [0.25, 0.3) is 0 Å². The van der Waals surface area contributed by atoms with Crippen LogP contribution >= 0.6 is 0 Å². The minimum absolute atomic E-state index is 0.278. The first-order valence-electron chi connectivity index (χ1n) is 2.75. The van der Waals surface area contributed by atoms with Gasteiger partial charge in [0.1, 0.15) is 0 Å². The molecule has 0 aromatic heterocycles. The number of ether oxygens (including phenoxy) is 1. The summed E-state index contributed by atoms with van der Waals surface area (Å²) in [6, 6.07) is 0. The molecule has 0 atom stereocenters. The lowest BCUT2D eigenvalue weighted by molar-refractivity contribution is 0.0225. The molecule has 0 bridgehead atoms. The van der Waals surface area contributed by atoms with E-state index in [-0.39, 0.29) is 5.60 Å². The highest BCUT2D eigenvalue weighted by atomic mass is 16.5. The second-order valence-corrected chi connectivity index (χ2v) is 2.40. The van der Waals surface area contributed by atoms with E-state index in [1.165, 1.54) is 0 Å². The molecule has 0 aromatic rings. The zero-order valence-corrected chi connectivity index (χ0v) is 5.61. The summed E-state index contributed by atoms with van der Waals surface area (Å²) < 4.78 is 5.14. The SMILES string of the molecule is [CH2]C(C)(C)OCCN. The molecule has 49 valence electrons. The molecule has 0 aliphatic carbocycles. The van der Waals surface area contributed by atoms with Crippen molar-refractivity contribution in [2.75, 3.05) is 13.2 Å². The third kappa shape index (κ3) is 5.92. The summed E-state index contributed by atoms with van der Waals surface area (Å²) in [4.78, 5) is 0. The average molecular weight is 116 g/mol. The number of hydrogen-bond donors (Lipinski definition) is 1. The van der Waals surface area contributed by atoms with E-state index < -0.39 is 0 Å². The maximum absolute atomic E-state index is 5.18. The molecule has 2 N–H and O–H groups in total. The van der Waals surface area contributed by atoms with Gasteiger partial charge >= 0.3 is 0 Å². The molecular formula is C6H14NO. The molecule has 0 saturated heterocycles. The lowest BCUT2D eigenvalue weighted by Crippen LogP contribution is -2.23. The van der Waals surface area contributed by atoms with Crippen molar-refractivity contribution in [1.82, 2.24) is 0 Å². The van der Waals surface area contributed by atoms with Crippen LogP contribution in [0.1, 0.15) is 13.8 Å². The van der Waals surface area contributed by atoms with E-state index >= 15 is 0 Å². The second-order valence-electron chi connectivity index (χ2n) is 2.40. The van der Waals surface area contributed by atoms with E-state index in [9.17, 15) is 0 Å². The van der Waals surface area contributed by atoms with E-state index in [2.05, 4.69) is 6.92 Å². The summed E-state index contributed by atoms with van der Waals surface area (Å²) in [5, 5.41) is 0. The van der Waals surface area contributed by atoms with Crippen LogP contribution in [0.2, 0.25) is 0 Å². The molecule has 0 heterocycles. The molecule has 2 nitrogen and oxygen atoms in total. The molecule has 0 saturated carbocycles. The van der Waals surface area contributed by atoms with Crippen LogP contribution in [0, 0.1) is 6.92 Å². The van der Waals surface area contributed by atoms with E-state index in [0.717, 1.165) is 0 Å². The Kier molecular flexibility index (Phi) is 3.02. The third-order valence-corrected chi connectivity index (χ3v) is 0.611. The summed E-state index contributed by atoms with van der Waals surface area (Å²) in [6.07, 6.45) is 0. The van der Waals surface area contributed by atoms with Crippen LogP contribution in [0.15, 0.2) is 0 Å². The van der Waals surface area contributed by atoms with Crippen molar-refractivity contribution in [2.24, 2.45) is 5.73 Å². The first kappa shape index (κ1) is 7.92. The van der Waals surface area contributed by atoms with Gasteiger partial charge in [-0.1, -0.05) is 0 Å². The fraction of sp³-hybridized carbons (Fsp3) is 0.833. The molecule has 0 amide bonds. The third-order valence-electron chi connectivity index (χ3n) is 0.611. The van der Waals surface area contributed by atoms with Crippen LogP contribution in [-0.2, 0) is 4.74 Å². The molecule has 0 unspecified atom stereocenters. The molecule has 0 spiro atoms. The van der Waals surface area contributed by atoms with Crippen molar-refractivity contribution in [1.29, 1.82) is 0 Å². The van der Waals surface area contributed by atoms with Gasteiger partial charge in [-0.2, -0.15) is 0 Å². The van der Waals surface area contributed by atoms with Crippen molar-refractivity contribution < 1.29 is 4.74 Å². The average Bonchev–Trinajstić information content (AvgIpc) is 1.59. The van der Waals surface area contributed by atoms with E-state index in [1.807, 2.05) is 13.8 Å². The topological polar surface area (TPSA) is 35.2 Å². The van der Waals surface area contributed by atoms with Gasteiger partial charge in [-0.15, -0.1) is 0 Å². The van der Waals surface area contributed by atoms with Crippen LogP contribution in [0.3, 0.4) is 0 Å². The van der Waals surface area contributed by atoms with Crippen molar-refractivity contribution in [2.45, 2.75) is 19.4 Å². The van der Waals surface area contributed by atoms with Gasteiger partial charge in [0.25, 0.3) is 0 Å². The quantitative estimate of drug-likeness (QED) is 0.585. The normalized spacial score (nSPS) is 12.0. The van der Waals surface area contributed by atoms with Crippen LogP contribution in [0.5, 0.6) is 0 Å². The Balaban J connectivity index is 3.11. The standard InChI is InChI=1S/C6H14NO/c1-6(2,3)8-5-4-7/h1,4-5,7H2,2-3H3. The maximum atomic E-state index is 5.18. The Bertz CT molecular complexity index is 56.0. The number of hydrogen-bond acceptors (Lipinski definition) is 2. The predicted molar refractivity (Wildman–Crippen MR) is 34.4 cm³/mol. The Morgan fingerprint density at radius 1 is 1.62 bits per heavy atom. The summed E-state index contributed by atoms with van der Waals surface area (Å²) in [5.41, 5.74) is 4.90. The number of nitrogens with two attached hydrogens (primary N) is 1. The zero-order valence-electron chi connectivity index (χ0n) is 5.61. The maximum Gasteiger partial charge on any atom is 0.0628 e. The van der Waals surface area contributed by atoms with Crippen molar-refractivity contribution in [3.63, 3.8) is 0 Å². The van der Waals surface area contributed by atoms with Gasteiger partial charge in [0.05, 0.1) is 12.2 Å². The minimum atomic E-state index is -0.278. The van der Waals surface area contributed by atoms with Gasteiger partial charge in [-0.3, -0.25) is 0 Å². The van der Waals surface area contributed by atoms with Gasteiger partial charge < -0.3 is 10.5 Å². The van der Waals surface area contributed by atoms with E-state index in [4.69, 9.17) is 10.5 Å². The van der Waals surface area contributed by atoms with Crippen molar-refractivity contribution in [3.8, 4) is 0 Å². The lowest BCUT2D eigenvalue weighted by Gasteiger charge is -2.18. The van der Waals surface area contributed by atoms with Gasteiger partial charge in [-0.05, 0) is 20.8 Å². The van der Waals surface area contributed by atoms with E-state index in [0.29, 0.717) is 13.2 Å². The van der Waals surface area contributed by atoms with Crippen LogP contribution in [0.4, 0.5) is 0 Å². The smallest absolute Gasteiger partial charge is 0.0628 e. The largest absolute Gasteiger partial charge is 0.374 e. The summed E-state index contributed by atoms with van der Waals surface area (Å²) in [6.45, 7) is 8.70. The monoisotopic (exact) mass is 116 g/mol. The Morgan fingerprint density at radius 3 is 2.25 bits per heavy atom.